The van der Waals surface area contributed by atoms with Crippen molar-refractivity contribution in [3.63, 3.8) is 0 Å². The number of fused-ring (bicyclic) bond motifs is 8. The monoisotopic (exact) mass is 987 g/mol. The van der Waals surface area contributed by atoms with Crippen LogP contribution in [0.4, 0.5) is 34.1 Å². The van der Waals surface area contributed by atoms with Crippen molar-refractivity contribution in [1.29, 1.82) is 0 Å². The van der Waals surface area contributed by atoms with Crippen LogP contribution in [-0.4, -0.2) is 59.5 Å². The average Bonchev–Trinajstić information content (AvgIpc) is 4.04. The van der Waals surface area contributed by atoms with Crippen LogP contribution in [0.25, 0.3) is 60.2 Å². The van der Waals surface area contributed by atoms with Gasteiger partial charge in [-0.25, -0.2) is 0 Å². The summed E-state index contributed by atoms with van der Waals surface area (Å²) in [6.45, 7) is 0. The summed E-state index contributed by atoms with van der Waals surface area (Å²) < 4.78 is 2.36. The molecule has 1 aliphatic carbocycles. The van der Waals surface area contributed by atoms with Crippen LogP contribution in [0.1, 0.15) is 22.3 Å². The first-order valence-electron chi connectivity index (χ1n) is 26.3. The summed E-state index contributed by atoms with van der Waals surface area (Å²) in [5.74, 6) is 0. The molecule has 0 bridgehead atoms. The normalized spacial score (nSPS) is 13.7. The zero-order valence-corrected chi connectivity index (χ0v) is 43.0. The molecule has 3 nitrogen and oxygen atoms in total. The van der Waals surface area contributed by atoms with Gasteiger partial charge in [0.25, 0.3) is 0 Å². The van der Waals surface area contributed by atoms with Crippen LogP contribution in [0.2, 0.25) is 0 Å². The van der Waals surface area contributed by atoms with E-state index in [-0.39, 0.29) is 38.2 Å². The van der Waals surface area contributed by atoms with Crippen LogP contribution in [0.3, 0.4) is 0 Å². The zero-order valence-electron chi connectivity index (χ0n) is 43.0. The number of nitrogens with zero attached hydrogens (tertiary/aromatic N) is 3. The number of benzene rings is 12. The first kappa shape index (κ1) is 48.4. The largest absolute Gasteiger partial charge is 0.310 e. The van der Waals surface area contributed by atoms with E-state index in [9.17, 15) is 0 Å². The molecule has 14 rings (SSSR count). The molecule has 352 valence electrons. The molecule has 12 aromatic carbocycles. The summed E-state index contributed by atoms with van der Waals surface area (Å²) >= 11 is 0. The molecule has 1 atom stereocenters. The van der Waals surface area contributed by atoms with Crippen molar-refractivity contribution in [3.05, 3.63) is 265 Å². The Kier molecular flexibility index (Phi) is 11.6. The number of hydrogen-bond donors (Lipinski definition) is 0. The molecular weight excluding hydrogens is 946 g/mol. The van der Waals surface area contributed by atoms with E-state index in [0.717, 1.165) is 100 Å². The Morgan fingerprint density at radius 2 is 0.772 bits per heavy atom. The average molecular weight is 987 g/mol. The highest BCUT2D eigenvalue weighted by Gasteiger charge is 2.50. The van der Waals surface area contributed by atoms with Crippen LogP contribution in [-0.2, 0) is 5.41 Å². The third kappa shape index (κ3) is 7.23. The van der Waals surface area contributed by atoms with Gasteiger partial charge in [0.2, 0.25) is 0 Å². The second kappa shape index (κ2) is 18.9. The second-order valence-electron chi connectivity index (χ2n) is 20.3. The van der Waals surface area contributed by atoms with Gasteiger partial charge in [-0.05, 0) is 134 Å². The lowest BCUT2D eigenvalue weighted by Crippen LogP contribution is -2.54. The highest BCUT2D eigenvalue weighted by Crippen LogP contribution is 2.60. The SMILES string of the molecule is [B]c1c([B])c([B])c2c(C3(c4cccc5c6ccccc6n(-c6ccccc6)c45)c4ccc(N(c5ccccc5)c5ccccc5)cc4-c4cc(N(c5ccccc5)c5cccc6ccccc56)ccc43)c([B])c([B])c([B])c2c1[B]. The minimum absolute atomic E-state index is 0.116. The lowest BCUT2D eigenvalue weighted by molar-refractivity contribution is 0.786. The molecule has 79 heavy (non-hydrogen) atoms. The van der Waals surface area contributed by atoms with Gasteiger partial charge in [0.15, 0.2) is 0 Å². The molecule has 10 heteroatoms. The Labute approximate surface area is 469 Å². The van der Waals surface area contributed by atoms with Crippen molar-refractivity contribution < 1.29 is 0 Å². The second-order valence-corrected chi connectivity index (χ2v) is 20.3. The van der Waals surface area contributed by atoms with Gasteiger partial charge < -0.3 is 14.4 Å². The lowest BCUT2D eigenvalue weighted by atomic mass is 9.54. The minimum Gasteiger partial charge on any atom is -0.310 e. The molecule has 0 fully saturated rings. The molecule has 1 heterocycles. The highest BCUT2D eigenvalue weighted by molar-refractivity contribution is 6.71. The third-order valence-electron chi connectivity index (χ3n) is 16.2. The van der Waals surface area contributed by atoms with E-state index in [1.165, 1.54) is 0 Å². The number of hydrogen-bond acceptors (Lipinski definition) is 2. The van der Waals surface area contributed by atoms with Crippen molar-refractivity contribution >= 4 is 171 Å². The molecule has 1 aliphatic rings. The first-order valence-corrected chi connectivity index (χ1v) is 26.3. The predicted octanol–water partition coefficient (Wildman–Crippen LogP) is 9.95. The van der Waals surface area contributed by atoms with E-state index >= 15 is 0 Å². The Bertz CT molecular complexity index is 4530. The molecular formula is C69H40B7N3. The lowest BCUT2D eigenvalue weighted by Gasteiger charge is -2.40. The van der Waals surface area contributed by atoms with Gasteiger partial charge in [0, 0.05) is 50.3 Å². The van der Waals surface area contributed by atoms with E-state index < -0.39 is 5.41 Å². The molecule has 1 aromatic heterocycles. The van der Waals surface area contributed by atoms with Crippen LogP contribution in [0.15, 0.2) is 243 Å². The molecule has 0 spiro atoms. The van der Waals surface area contributed by atoms with Crippen molar-refractivity contribution in [1.82, 2.24) is 4.57 Å². The van der Waals surface area contributed by atoms with Gasteiger partial charge in [-0.1, -0.05) is 180 Å². The molecule has 14 radical (unpaired) electrons. The Morgan fingerprint density at radius 3 is 1.38 bits per heavy atom. The van der Waals surface area contributed by atoms with Crippen LogP contribution in [0.5, 0.6) is 0 Å². The fourth-order valence-electron chi connectivity index (χ4n) is 12.8. The molecule has 0 saturated carbocycles. The van der Waals surface area contributed by atoms with E-state index in [1.807, 2.05) is 24.3 Å². The predicted molar refractivity (Wildman–Crippen MR) is 340 cm³/mol. The number of para-hydroxylation sites is 6. The van der Waals surface area contributed by atoms with Crippen molar-refractivity contribution in [3.8, 4) is 16.8 Å². The van der Waals surface area contributed by atoms with Crippen molar-refractivity contribution in [2.45, 2.75) is 5.41 Å². The maximum Gasteiger partial charge on any atom is 0.113 e. The molecule has 0 N–H and O–H groups in total. The van der Waals surface area contributed by atoms with E-state index in [2.05, 4.69) is 233 Å². The third-order valence-corrected chi connectivity index (χ3v) is 16.2. The molecule has 0 aliphatic heterocycles. The maximum absolute atomic E-state index is 7.76. The molecule has 0 saturated heterocycles. The summed E-state index contributed by atoms with van der Waals surface area (Å²) in [4.78, 5) is 4.63. The van der Waals surface area contributed by atoms with E-state index in [4.69, 9.17) is 54.9 Å². The van der Waals surface area contributed by atoms with Crippen molar-refractivity contribution in [2.75, 3.05) is 9.80 Å². The van der Waals surface area contributed by atoms with Gasteiger partial charge in [-0.2, -0.15) is 0 Å². The van der Waals surface area contributed by atoms with Crippen molar-refractivity contribution in [2.24, 2.45) is 0 Å². The molecule has 1 unspecified atom stereocenters. The van der Waals surface area contributed by atoms with Gasteiger partial charge >= 0.3 is 0 Å². The standard InChI is InChI=1S/C69H40B7N3/c70-61-58-59(63(72)67(76)66(61)75)62(71)65(74)64(73)60(58)69(55-32-18-31-50-49-30-15-16-33-57(49)79(68(50)55)45-27-11-4-12-28-45)53-37-35-46(77(42-21-5-1-6-22-42)43-23-7-2-8-24-43)39-51(53)52-40-47(36-38-54(52)69)78(44-25-9-3-10-26-44)56-34-17-20-41-19-13-14-29-48(41)56/h1-40H. The Hall–Kier alpha value is -8.99. The van der Waals surface area contributed by atoms with E-state index in [0.29, 0.717) is 16.3 Å². The summed E-state index contributed by atoms with van der Waals surface area (Å²) in [5.41, 5.74) is 13.9. The van der Waals surface area contributed by atoms with Crippen LogP contribution in [0, 0.1) is 0 Å². The summed E-state index contributed by atoms with van der Waals surface area (Å²) in [5, 5.41) is 5.20. The van der Waals surface area contributed by atoms with Gasteiger partial charge in [-0.3, -0.25) is 0 Å². The van der Waals surface area contributed by atoms with Gasteiger partial charge in [0.05, 0.1) is 22.1 Å². The topological polar surface area (TPSA) is 11.4 Å². The summed E-state index contributed by atoms with van der Waals surface area (Å²) in [6.07, 6.45) is 0. The minimum atomic E-state index is -1.34. The number of aromatic nitrogens is 1. The number of rotatable bonds is 9. The maximum atomic E-state index is 7.76. The van der Waals surface area contributed by atoms with Crippen LogP contribution >= 0.6 is 0 Å². The first-order chi connectivity index (χ1) is 38.7. The smallest absolute Gasteiger partial charge is 0.113 e. The summed E-state index contributed by atoms with van der Waals surface area (Å²) in [7, 11) is 50.4. The van der Waals surface area contributed by atoms with Gasteiger partial charge in [0.1, 0.15) is 54.9 Å². The zero-order chi connectivity index (χ0) is 53.7. The quantitative estimate of drug-likeness (QED) is 0.134. The molecule has 0 amide bonds. The Balaban J connectivity index is 1.20. The number of anilines is 6. The fourth-order valence-corrected chi connectivity index (χ4v) is 12.8. The van der Waals surface area contributed by atoms with Gasteiger partial charge in [-0.15, -0.1) is 16.4 Å². The van der Waals surface area contributed by atoms with Crippen LogP contribution < -0.4 is 48.0 Å². The van der Waals surface area contributed by atoms with E-state index in [1.54, 1.807) is 0 Å². The fraction of sp³-hybridized carbons (Fsp3) is 0.0145. The Morgan fingerprint density at radius 1 is 0.316 bits per heavy atom. The summed E-state index contributed by atoms with van der Waals surface area (Å²) in [6, 6.07) is 85.4. The molecule has 13 aromatic rings. The highest BCUT2D eigenvalue weighted by atomic mass is 15.1.